The van der Waals surface area contributed by atoms with Gasteiger partial charge >= 0.3 is 0 Å². The quantitative estimate of drug-likeness (QED) is 0.690. The smallest absolute Gasteiger partial charge is 0.193 e. The fourth-order valence-electron chi connectivity index (χ4n) is 3.99. The van der Waals surface area contributed by atoms with E-state index < -0.39 is 0 Å². The second kappa shape index (κ2) is 6.50. The molecule has 2 aliphatic rings. The second-order valence-corrected chi connectivity index (χ2v) is 7.18. The summed E-state index contributed by atoms with van der Waals surface area (Å²) in [4.78, 5) is 10.7. The van der Waals surface area contributed by atoms with Crippen LogP contribution in [-0.4, -0.2) is 40.5 Å². The zero-order valence-corrected chi connectivity index (χ0v) is 14.6. The Labute approximate surface area is 147 Å². The summed E-state index contributed by atoms with van der Waals surface area (Å²) in [6.45, 7) is 2.73. The third-order valence-corrected chi connectivity index (χ3v) is 5.61. The van der Waals surface area contributed by atoms with Crippen LogP contribution in [0.1, 0.15) is 31.2 Å². The molecule has 2 heterocycles. The summed E-state index contributed by atoms with van der Waals surface area (Å²) in [5.41, 5.74) is 1.95. The molecule has 1 saturated carbocycles. The maximum Gasteiger partial charge on any atom is 0.193 e. The molecule has 1 aromatic heterocycles. The van der Waals surface area contributed by atoms with Crippen molar-refractivity contribution in [2.75, 3.05) is 20.1 Å². The number of aromatic nitrogens is 2. The van der Waals surface area contributed by atoms with Crippen LogP contribution < -0.4 is 5.32 Å². The molecule has 0 unspecified atom stereocenters. The van der Waals surface area contributed by atoms with Gasteiger partial charge in [0.2, 0.25) is 0 Å². The van der Waals surface area contributed by atoms with Crippen molar-refractivity contribution in [3.8, 4) is 5.69 Å². The number of rotatable bonds is 3. The minimum atomic E-state index is -0.248. The highest BCUT2D eigenvalue weighted by Gasteiger charge is 2.43. The highest BCUT2D eigenvalue weighted by molar-refractivity contribution is 5.80. The average molecular weight is 341 g/mol. The molecule has 1 spiro atoms. The van der Waals surface area contributed by atoms with E-state index in [2.05, 4.69) is 20.2 Å². The summed E-state index contributed by atoms with van der Waals surface area (Å²) >= 11 is 0. The number of benzene rings is 1. The molecule has 1 N–H and O–H groups in total. The maximum atomic E-state index is 14.4. The monoisotopic (exact) mass is 341 g/mol. The van der Waals surface area contributed by atoms with Gasteiger partial charge in [-0.25, -0.2) is 9.37 Å². The van der Waals surface area contributed by atoms with E-state index in [4.69, 9.17) is 0 Å². The first kappa shape index (κ1) is 16.1. The molecule has 2 fully saturated rings. The Morgan fingerprint density at radius 1 is 1.36 bits per heavy atom. The van der Waals surface area contributed by atoms with Crippen LogP contribution in [0.2, 0.25) is 0 Å². The van der Waals surface area contributed by atoms with Crippen molar-refractivity contribution in [2.24, 2.45) is 10.4 Å². The molecular weight excluding hydrogens is 317 g/mol. The van der Waals surface area contributed by atoms with Crippen molar-refractivity contribution in [1.29, 1.82) is 0 Å². The number of hydrogen-bond acceptors (Lipinski definition) is 2. The number of halogens is 1. The predicted molar refractivity (Wildman–Crippen MR) is 96.2 cm³/mol. The summed E-state index contributed by atoms with van der Waals surface area (Å²) in [7, 11) is 1.82. The summed E-state index contributed by atoms with van der Waals surface area (Å²) < 4.78 is 16.0. The molecule has 0 atom stereocenters. The molecule has 1 aliphatic carbocycles. The van der Waals surface area contributed by atoms with Gasteiger partial charge in [0.15, 0.2) is 5.96 Å². The number of nitrogens with one attached hydrogen (secondary N) is 1. The van der Waals surface area contributed by atoms with Crippen LogP contribution in [-0.2, 0) is 6.54 Å². The van der Waals surface area contributed by atoms with Crippen LogP contribution in [0.3, 0.4) is 0 Å². The molecule has 0 amide bonds. The first-order chi connectivity index (χ1) is 12.2. The topological polar surface area (TPSA) is 45.5 Å². The van der Waals surface area contributed by atoms with Gasteiger partial charge in [-0.1, -0.05) is 12.5 Å². The van der Waals surface area contributed by atoms with E-state index in [9.17, 15) is 4.39 Å². The van der Waals surface area contributed by atoms with E-state index in [1.807, 2.05) is 13.1 Å². The number of aliphatic imine (C=N–C) groups is 1. The SMILES string of the molecule is CN=C(NCc1ccc(-n2ccnc2)c(F)c1)N1CCC2(CCC2)C1. The molecule has 6 heteroatoms. The maximum absolute atomic E-state index is 14.4. The number of guanidine groups is 1. The van der Waals surface area contributed by atoms with Gasteiger partial charge in [0, 0.05) is 39.1 Å². The minimum absolute atomic E-state index is 0.248. The Hall–Kier alpha value is -2.37. The zero-order valence-electron chi connectivity index (χ0n) is 14.6. The van der Waals surface area contributed by atoms with Crippen molar-refractivity contribution in [2.45, 2.75) is 32.2 Å². The molecular formula is C19H24FN5. The summed E-state index contributed by atoms with van der Waals surface area (Å²) in [6, 6.07) is 5.30. The van der Waals surface area contributed by atoms with Gasteiger partial charge in [0.25, 0.3) is 0 Å². The average Bonchev–Trinajstić information content (AvgIpc) is 3.25. The fraction of sp³-hybridized carbons (Fsp3) is 0.474. The van der Waals surface area contributed by atoms with Crippen molar-refractivity contribution in [3.63, 3.8) is 0 Å². The normalized spacial score (nSPS) is 19.3. The van der Waals surface area contributed by atoms with Crippen LogP contribution in [0.5, 0.6) is 0 Å². The third-order valence-electron chi connectivity index (χ3n) is 5.61. The molecule has 132 valence electrons. The lowest BCUT2D eigenvalue weighted by molar-refractivity contribution is 0.151. The van der Waals surface area contributed by atoms with Gasteiger partial charge in [-0.05, 0) is 42.4 Å². The molecule has 2 aromatic rings. The largest absolute Gasteiger partial charge is 0.352 e. The van der Waals surface area contributed by atoms with Crippen molar-refractivity contribution < 1.29 is 4.39 Å². The molecule has 4 rings (SSSR count). The molecule has 1 saturated heterocycles. The first-order valence-electron chi connectivity index (χ1n) is 8.91. The van der Waals surface area contributed by atoms with Crippen LogP contribution in [0.4, 0.5) is 4.39 Å². The highest BCUT2D eigenvalue weighted by atomic mass is 19.1. The molecule has 25 heavy (non-hydrogen) atoms. The lowest BCUT2D eigenvalue weighted by atomic mass is 9.68. The number of hydrogen-bond donors (Lipinski definition) is 1. The van der Waals surface area contributed by atoms with E-state index in [0.717, 1.165) is 24.6 Å². The molecule has 0 radical (unpaired) electrons. The zero-order chi connectivity index (χ0) is 17.3. The van der Waals surface area contributed by atoms with Gasteiger partial charge in [-0.15, -0.1) is 0 Å². The van der Waals surface area contributed by atoms with E-state index in [0.29, 0.717) is 17.6 Å². The molecule has 1 aliphatic heterocycles. The lowest BCUT2D eigenvalue weighted by Gasteiger charge is -2.38. The second-order valence-electron chi connectivity index (χ2n) is 7.18. The first-order valence-corrected chi connectivity index (χ1v) is 8.91. The van der Waals surface area contributed by atoms with E-state index >= 15 is 0 Å². The van der Waals surface area contributed by atoms with Crippen molar-refractivity contribution in [3.05, 3.63) is 48.3 Å². The number of imidazole rings is 1. The van der Waals surface area contributed by atoms with Crippen LogP contribution in [0.25, 0.3) is 5.69 Å². The van der Waals surface area contributed by atoms with Gasteiger partial charge in [-0.2, -0.15) is 0 Å². The summed E-state index contributed by atoms with van der Waals surface area (Å²) in [5.74, 6) is 0.671. The van der Waals surface area contributed by atoms with Crippen LogP contribution in [0, 0.1) is 11.2 Å². The Kier molecular flexibility index (Phi) is 4.19. The predicted octanol–water partition coefficient (Wildman–Crippen LogP) is 2.96. The minimum Gasteiger partial charge on any atom is -0.352 e. The number of nitrogens with zero attached hydrogens (tertiary/aromatic N) is 4. The van der Waals surface area contributed by atoms with Crippen LogP contribution >= 0.6 is 0 Å². The molecule has 0 bridgehead atoms. The van der Waals surface area contributed by atoms with Gasteiger partial charge in [0.05, 0.1) is 12.0 Å². The van der Waals surface area contributed by atoms with Gasteiger partial charge in [-0.3, -0.25) is 4.99 Å². The van der Waals surface area contributed by atoms with Gasteiger partial charge in [0.1, 0.15) is 5.82 Å². The van der Waals surface area contributed by atoms with Gasteiger partial charge < -0.3 is 14.8 Å². The van der Waals surface area contributed by atoms with E-state index in [1.54, 1.807) is 35.4 Å². The Balaban J connectivity index is 1.39. The van der Waals surface area contributed by atoms with Crippen molar-refractivity contribution in [1.82, 2.24) is 19.8 Å². The fourth-order valence-corrected chi connectivity index (χ4v) is 3.99. The highest BCUT2D eigenvalue weighted by Crippen LogP contribution is 2.47. The van der Waals surface area contributed by atoms with Crippen LogP contribution in [0.15, 0.2) is 41.9 Å². The lowest BCUT2D eigenvalue weighted by Crippen LogP contribution is -2.42. The Morgan fingerprint density at radius 3 is 2.84 bits per heavy atom. The van der Waals surface area contributed by atoms with Crippen molar-refractivity contribution >= 4 is 5.96 Å². The summed E-state index contributed by atoms with van der Waals surface area (Å²) in [5, 5.41) is 3.39. The van der Waals surface area contributed by atoms with E-state index in [-0.39, 0.29) is 5.82 Å². The Morgan fingerprint density at radius 2 is 2.24 bits per heavy atom. The Bertz CT molecular complexity index is 764. The number of likely N-dealkylation sites (tertiary alicyclic amines) is 1. The summed E-state index contributed by atoms with van der Waals surface area (Å²) in [6.07, 6.45) is 10.3. The molecule has 1 aromatic carbocycles. The molecule has 5 nitrogen and oxygen atoms in total. The standard InChI is InChI=1S/C19H24FN5/c1-21-18(24-9-7-19(13-24)5-2-6-19)23-12-15-3-4-17(16(20)11-15)25-10-8-22-14-25/h3-4,8,10-11,14H,2,5-7,9,12-13H2,1H3,(H,21,23). The third kappa shape index (κ3) is 3.13. The van der Waals surface area contributed by atoms with E-state index in [1.165, 1.54) is 25.7 Å².